The summed E-state index contributed by atoms with van der Waals surface area (Å²) in [6.45, 7) is -1.99. The van der Waals surface area contributed by atoms with E-state index in [2.05, 4.69) is 5.32 Å². The molecule has 1 saturated heterocycles. The van der Waals surface area contributed by atoms with Crippen molar-refractivity contribution in [2.45, 2.75) is 16.4 Å². The van der Waals surface area contributed by atoms with Gasteiger partial charge in [0.15, 0.2) is 0 Å². The third-order valence-electron chi connectivity index (χ3n) is 3.00. The number of piperazine rings is 1. The Hall–Kier alpha value is -0.690. The molecule has 0 spiro atoms. The van der Waals surface area contributed by atoms with Crippen LogP contribution in [0.2, 0.25) is 0 Å². The summed E-state index contributed by atoms with van der Waals surface area (Å²) in [4.78, 5) is 0. The molecule has 2 N–H and O–H groups in total. The van der Waals surface area contributed by atoms with Gasteiger partial charge in [0.2, 0.25) is 10.9 Å². The van der Waals surface area contributed by atoms with Crippen molar-refractivity contribution in [1.29, 1.82) is 0 Å². The molecule has 1 aliphatic rings. The van der Waals surface area contributed by atoms with Crippen molar-refractivity contribution in [2.75, 3.05) is 26.2 Å². The van der Waals surface area contributed by atoms with E-state index in [1.54, 1.807) is 0 Å². The molecule has 0 aromatic rings. The molecule has 1 aliphatic heterocycles. The van der Waals surface area contributed by atoms with Crippen LogP contribution in [0.15, 0.2) is 0 Å². The average molecular weight is 443 g/mol. The third kappa shape index (κ3) is 3.59. The van der Waals surface area contributed by atoms with Crippen molar-refractivity contribution in [2.24, 2.45) is 0 Å². The number of sulfonamides is 2. The van der Waals surface area contributed by atoms with E-state index in [9.17, 15) is 51.6 Å². The molecule has 0 bridgehead atoms. The second-order valence-electron chi connectivity index (χ2n) is 4.61. The van der Waals surface area contributed by atoms with E-state index in [0.29, 0.717) is 0 Å². The minimum atomic E-state index is -6.99. The zero-order chi connectivity index (χ0) is 19.9. The van der Waals surface area contributed by atoms with Gasteiger partial charge in [0.25, 0.3) is 20.0 Å². The van der Waals surface area contributed by atoms with Crippen molar-refractivity contribution < 1.29 is 51.6 Å². The number of hydrogen-bond acceptors (Lipinski definition) is 7. The first kappa shape index (κ1) is 22.4. The number of halogens is 6. The van der Waals surface area contributed by atoms with Crippen LogP contribution in [0.5, 0.6) is 0 Å². The van der Waals surface area contributed by atoms with Gasteiger partial charge in [0.05, 0.1) is 0 Å². The molecule has 0 atom stereocenters. The van der Waals surface area contributed by atoms with Gasteiger partial charge in [-0.15, -0.1) is 4.13 Å². The number of hydrogen-bond donors (Lipinski definition) is 3. The maximum absolute atomic E-state index is 13.8. The molecule has 1 rings (SSSR count). The molecule has 9 nitrogen and oxygen atoms in total. The minimum Gasteiger partial charge on any atom is -0.314 e. The molecule has 0 amide bonds. The Morgan fingerprint density at radius 1 is 0.880 bits per heavy atom. The van der Waals surface area contributed by atoms with Gasteiger partial charge < -0.3 is 5.32 Å². The van der Waals surface area contributed by atoms with E-state index in [1.807, 2.05) is 0 Å². The first-order valence-corrected chi connectivity index (χ1v) is 10.1. The van der Waals surface area contributed by atoms with Crippen LogP contribution >= 0.6 is 0 Å². The van der Waals surface area contributed by atoms with Crippen LogP contribution in [-0.4, -0.2) is 72.2 Å². The summed E-state index contributed by atoms with van der Waals surface area (Å²) in [6.07, 6.45) is 0. The zero-order valence-electron chi connectivity index (χ0n) is 11.8. The Morgan fingerprint density at radius 2 is 1.32 bits per heavy atom. The molecule has 0 aromatic carbocycles. The molecule has 0 aromatic heterocycles. The summed E-state index contributed by atoms with van der Waals surface area (Å²) in [6, 6.07) is 0. The highest BCUT2D eigenvalue weighted by Gasteiger charge is 2.82. The average Bonchev–Trinajstić information content (AvgIpc) is 2.46. The first-order chi connectivity index (χ1) is 11.0. The zero-order valence-corrected chi connectivity index (χ0v) is 14.3. The lowest BCUT2D eigenvalue weighted by molar-refractivity contribution is -0.245. The predicted molar refractivity (Wildman–Crippen MR) is 70.6 cm³/mol. The van der Waals surface area contributed by atoms with Gasteiger partial charge in [0.1, 0.15) is 0 Å². The van der Waals surface area contributed by atoms with Crippen molar-refractivity contribution in [3.8, 4) is 0 Å². The Kier molecular flexibility index (Phi) is 6.08. The monoisotopic (exact) mass is 443 g/mol. The number of alkyl halides is 6. The molecule has 18 heteroatoms. The van der Waals surface area contributed by atoms with E-state index in [4.69, 9.17) is 0 Å². The van der Waals surface area contributed by atoms with E-state index >= 15 is 0 Å². The van der Waals surface area contributed by atoms with Gasteiger partial charge in [-0.2, -0.15) is 30.6 Å². The molecular weight excluding hydrogens is 432 g/mol. The number of nitrogens with one attached hydrogen (secondary N) is 2. The lowest BCUT2D eigenvalue weighted by Crippen LogP contribution is -2.65. The molecule has 0 aliphatic carbocycles. The van der Waals surface area contributed by atoms with Crippen LogP contribution in [0.4, 0.5) is 26.3 Å². The largest absolute Gasteiger partial charge is 0.429 e. The molecule has 25 heavy (non-hydrogen) atoms. The fourth-order valence-electron chi connectivity index (χ4n) is 1.70. The number of rotatable bonds is 7. The topological polar surface area (TPSA) is 130 Å². The summed E-state index contributed by atoms with van der Waals surface area (Å²) >= 11 is 0. The smallest absolute Gasteiger partial charge is 0.314 e. The van der Waals surface area contributed by atoms with E-state index in [1.165, 1.54) is 0 Å². The lowest BCUT2D eigenvalue weighted by Gasteiger charge is -2.35. The van der Waals surface area contributed by atoms with Gasteiger partial charge in [-0.3, -0.25) is 0 Å². The van der Waals surface area contributed by atoms with Crippen LogP contribution in [0.25, 0.3) is 0 Å². The van der Waals surface area contributed by atoms with Crippen molar-refractivity contribution >= 4 is 30.9 Å². The third-order valence-corrected chi connectivity index (χ3v) is 7.44. The quantitative estimate of drug-likeness (QED) is 0.322. The summed E-state index contributed by atoms with van der Waals surface area (Å²) < 4.78 is 147. The fraction of sp³-hybridized carbons (Fsp3) is 1.00. The Labute approximate surface area is 139 Å². The normalized spacial score (nSPS) is 19.3. The Morgan fingerprint density at radius 3 is 1.72 bits per heavy atom. The number of thiol groups is 1. The molecular formula is C7H11F6N3O6S3. The van der Waals surface area contributed by atoms with Crippen molar-refractivity contribution in [3.63, 3.8) is 0 Å². The summed E-state index contributed by atoms with van der Waals surface area (Å²) in [5.74, 6) is -6.99. The number of nitrogens with zero attached hydrogens (tertiary/aromatic N) is 1. The van der Waals surface area contributed by atoms with Gasteiger partial charge in [-0.05, 0) is 0 Å². The molecule has 1 fully saturated rings. The van der Waals surface area contributed by atoms with Crippen LogP contribution in [0.1, 0.15) is 0 Å². The fourth-order valence-corrected chi connectivity index (χ4v) is 4.92. The molecule has 0 radical (unpaired) electrons. The molecule has 1 heterocycles. The van der Waals surface area contributed by atoms with Crippen LogP contribution < -0.4 is 9.44 Å². The minimum absolute atomic E-state index is 0.0127. The van der Waals surface area contributed by atoms with E-state index < -0.39 is 60.5 Å². The van der Waals surface area contributed by atoms with Gasteiger partial charge in [-0.25, -0.2) is 25.3 Å². The Bertz CT molecular complexity index is 781. The van der Waals surface area contributed by atoms with E-state index in [-0.39, 0.29) is 21.5 Å². The van der Waals surface area contributed by atoms with Gasteiger partial charge in [-0.1, -0.05) is 0 Å². The van der Waals surface area contributed by atoms with Gasteiger partial charge >= 0.3 is 16.4 Å². The summed E-state index contributed by atoms with van der Waals surface area (Å²) in [5, 5.41) is -10.8. The standard InChI is InChI=1S/C7H11F6N3O6S3/c8-5(9,6(10,11)24(19,20)15-23(17)18)7(12,13)25(21,22)16-3-1-14-2-4-16/h14,23H,1-4H2,(H,15,17,18). The lowest BCUT2D eigenvalue weighted by atomic mass is 10.3. The Balaban J connectivity index is 3.42. The highest BCUT2D eigenvalue weighted by Crippen LogP contribution is 2.51. The summed E-state index contributed by atoms with van der Waals surface area (Å²) in [5.41, 5.74) is 0. The maximum Gasteiger partial charge on any atom is 0.429 e. The van der Waals surface area contributed by atoms with Crippen molar-refractivity contribution in [1.82, 2.24) is 13.7 Å². The highest BCUT2D eigenvalue weighted by molar-refractivity contribution is 7.99. The second-order valence-corrected chi connectivity index (χ2v) is 9.36. The molecule has 150 valence electrons. The van der Waals surface area contributed by atoms with Gasteiger partial charge in [0, 0.05) is 26.2 Å². The SMILES string of the molecule is O=[SH](=O)NS(=O)(=O)C(F)(F)C(F)(F)C(F)(F)S(=O)(=O)N1CCNCC1. The van der Waals surface area contributed by atoms with Crippen molar-refractivity contribution in [3.05, 3.63) is 0 Å². The predicted octanol–water partition coefficient (Wildman–Crippen LogP) is -1.51. The molecule has 0 unspecified atom stereocenters. The summed E-state index contributed by atoms with van der Waals surface area (Å²) in [7, 11) is -17.7. The molecule has 0 saturated carbocycles. The van der Waals surface area contributed by atoms with E-state index in [0.717, 1.165) is 0 Å². The van der Waals surface area contributed by atoms with Crippen LogP contribution in [-0.2, 0) is 30.9 Å². The van der Waals surface area contributed by atoms with Crippen LogP contribution in [0, 0.1) is 0 Å². The maximum atomic E-state index is 13.8. The first-order valence-electron chi connectivity index (χ1n) is 6.02. The van der Waals surface area contributed by atoms with Crippen LogP contribution in [0.3, 0.4) is 0 Å². The highest BCUT2D eigenvalue weighted by atomic mass is 32.3. The second kappa shape index (κ2) is 6.80.